The Morgan fingerprint density at radius 2 is 1.42 bits per heavy atom. The maximum absolute atomic E-state index is 12.8. The van der Waals surface area contributed by atoms with Gasteiger partial charge in [-0.2, -0.15) is 0 Å². The lowest BCUT2D eigenvalue weighted by atomic mass is 10.1. The number of benzene rings is 4. The summed E-state index contributed by atoms with van der Waals surface area (Å²) in [7, 11) is 0. The minimum absolute atomic E-state index is 0.145. The highest BCUT2D eigenvalue weighted by atomic mass is 35.5. The molecule has 0 saturated heterocycles. The molecule has 0 amide bonds. The highest BCUT2D eigenvalue weighted by Gasteiger charge is 2.40. The predicted molar refractivity (Wildman–Crippen MR) is 146 cm³/mol. The second kappa shape index (κ2) is 10.4. The first kappa shape index (κ1) is 23.9. The molecule has 0 saturated carbocycles. The molecule has 0 N–H and O–H groups in total. The molecule has 1 heterocycles. The van der Waals surface area contributed by atoms with E-state index >= 15 is 0 Å². The Labute approximate surface area is 220 Å². The lowest BCUT2D eigenvalue weighted by Crippen LogP contribution is -2.38. The summed E-state index contributed by atoms with van der Waals surface area (Å²) < 4.78 is 6.31. The molecule has 5 nitrogen and oxygen atoms in total. The third-order valence-corrected chi connectivity index (χ3v) is 6.36. The molecule has 4 aromatic carbocycles. The van der Waals surface area contributed by atoms with Crippen LogP contribution in [0, 0.1) is 0 Å². The summed E-state index contributed by atoms with van der Waals surface area (Å²) in [6.07, 6.45) is -0.464. The maximum Gasteiger partial charge on any atom is 0.198 e. The van der Waals surface area contributed by atoms with Gasteiger partial charge in [-0.25, -0.2) is 5.01 Å². The number of para-hydroxylation sites is 2. The molecule has 4 aromatic rings. The third kappa shape index (κ3) is 4.94. The number of ether oxygens (including phenoxy) is 1. The molecule has 5 rings (SSSR count). The SMILES string of the molecule is CC(=O)C1=NN(c2ccccc2)C(c2ccccc2OCc2ccc(Cl)cc2)N1c1ccc(Cl)cc1. The van der Waals surface area contributed by atoms with E-state index in [1.807, 2.05) is 101 Å². The van der Waals surface area contributed by atoms with Gasteiger partial charge in [-0.05, 0) is 60.2 Å². The summed E-state index contributed by atoms with van der Waals surface area (Å²) in [6, 6.07) is 32.6. The number of nitrogens with zero attached hydrogens (tertiary/aromatic N) is 3. The number of halogens is 2. The van der Waals surface area contributed by atoms with Gasteiger partial charge in [0.1, 0.15) is 12.4 Å². The number of carbonyl (C=O) groups is 1. The van der Waals surface area contributed by atoms with Gasteiger partial charge in [0.15, 0.2) is 17.8 Å². The zero-order valence-corrected chi connectivity index (χ0v) is 21.0. The maximum atomic E-state index is 12.8. The van der Waals surface area contributed by atoms with Gasteiger partial charge in [0.25, 0.3) is 0 Å². The monoisotopic (exact) mass is 515 g/mol. The second-order valence-electron chi connectivity index (χ2n) is 8.33. The fourth-order valence-corrected chi connectivity index (χ4v) is 4.40. The van der Waals surface area contributed by atoms with Gasteiger partial charge in [-0.1, -0.05) is 71.7 Å². The van der Waals surface area contributed by atoms with Crippen molar-refractivity contribution in [2.24, 2.45) is 5.10 Å². The molecule has 1 atom stereocenters. The molecule has 0 radical (unpaired) electrons. The van der Waals surface area contributed by atoms with Crippen LogP contribution in [0.2, 0.25) is 10.0 Å². The number of hydrazone groups is 1. The summed E-state index contributed by atoms with van der Waals surface area (Å²) in [5, 5.41) is 7.94. The zero-order chi connectivity index (χ0) is 25.1. The number of amidine groups is 1. The van der Waals surface area contributed by atoms with E-state index in [-0.39, 0.29) is 5.78 Å². The van der Waals surface area contributed by atoms with Crippen LogP contribution in [-0.2, 0) is 11.4 Å². The normalized spacial score (nSPS) is 15.1. The van der Waals surface area contributed by atoms with Crippen LogP contribution in [0.15, 0.2) is 108 Å². The molecule has 1 unspecified atom stereocenters. The Bertz CT molecular complexity index is 1390. The van der Waals surface area contributed by atoms with Gasteiger partial charge in [-0.15, -0.1) is 5.10 Å². The van der Waals surface area contributed by atoms with Crippen LogP contribution < -0.4 is 14.6 Å². The fraction of sp³-hybridized carbons (Fsp3) is 0.103. The topological polar surface area (TPSA) is 45.1 Å². The molecule has 7 heteroatoms. The number of carbonyl (C=O) groups excluding carboxylic acids is 1. The van der Waals surface area contributed by atoms with Crippen LogP contribution in [0.1, 0.15) is 24.2 Å². The summed E-state index contributed by atoms with van der Waals surface area (Å²) in [4.78, 5) is 14.7. The van der Waals surface area contributed by atoms with Gasteiger partial charge >= 0.3 is 0 Å². The van der Waals surface area contributed by atoms with Gasteiger partial charge < -0.3 is 4.74 Å². The van der Waals surface area contributed by atoms with Gasteiger partial charge in [-0.3, -0.25) is 9.69 Å². The largest absolute Gasteiger partial charge is 0.488 e. The minimum atomic E-state index is -0.464. The molecule has 0 aromatic heterocycles. The highest BCUT2D eigenvalue weighted by Crippen LogP contribution is 2.42. The Morgan fingerprint density at radius 3 is 2.08 bits per heavy atom. The quantitative estimate of drug-likeness (QED) is 0.255. The van der Waals surface area contributed by atoms with Crippen molar-refractivity contribution in [2.75, 3.05) is 9.91 Å². The van der Waals surface area contributed by atoms with E-state index in [9.17, 15) is 4.79 Å². The predicted octanol–water partition coefficient (Wildman–Crippen LogP) is 7.50. The van der Waals surface area contributed by atoms with Crippen molar-refractivity contribution in [3.63, 3.8) is 0 Å². The first-order valence-corrected chi connectivity index (χ1v) is 12.2. The van der Waals surface area contributed by atoms with Gasteiger partial charge in [0.05, 0.1) is 5.69 Å². The average molecular weight is 516 g/mol. The number of hydrogen-bond acceptors (Lipinski definition) is 5. The van der Waals surface area contributed by atoms with E-state index in [4.69, 9.17) is 33.0 Å². The van der Waals surface area contributed by atoms with E-state index < -0.39 is 6.17 Å². The molecule has 1 aliphatic heterocycles. The van der Waals surface area contributed by atoms with Crippen molar-refractivity contribution < 1.29 is 9.53 Å². The molecule has 36 heavy (non-hydrogen) atoms. The first-order valence-electron chi connectivity index (χ1n) is 11.5. The lowest BCUT2D eigenvalue weighted by Gasteiger charge is -2.33. The Balaban J connectivity index is 1.60. The molecule has 0 fully saturated rings. The number of Topliss-reactive ketones (excluding diaryl/α,β-unsaturated/α-hetero) is 1. The molecule has 0 spiro atoms. The Kier molecular flexibility index (Phi) is 6.94. The van der Waals surface area contributed by atoms with E-state index in [2.05, 4.69) is 0 Å². The van der Waals surface area contributed by atoms with E-state index in [1.54, 1.807) is 12.1 Å². The summed E-state index contributed by atoms with van der Waals surface area (Å²) in [6.45, 7) is 1.89. The van der Waals surface area contributed by atoms with Crippen molar-refractivity contribution in [3.8, 4) is 5.75 Å². The number of ketones is 1. The van der Waals surface area contributed by atoms with Crippen LogP contribution in [0.4, 0.5) is 11.4 Å². The minimum Gasteiger partial charge on any atom is -0.488 e. The lowest BCUT2D eigenvalue weighted by molar-refractivity contribution is -0.111. The van der Waals surface area contributed by atoms with E-state index in [0.717, 1.165) is 22.5 Å². The summed E-state index contributed by atoms with van der Waals surface area (Å²) in [5.41, 5.74) is 3.51. The van der Waals surface area contributed by atoms with Crippen molar-refractivity contribution in [2.45, 2.75) is 19.7 Å². The van der Waals surface area contributed by atoms with Gasteiger partial charge in [0.2, 0.25) is 0 Å². The van der Waals surface area contributed by atoms with Crippen molar-refractivity contribution in [1.29, 1.82) is 0 Å². The summed E-state index contributed by atoms with van der Waals surface area (Å²) >= 11 is 12.2. The van der Waals surface area contributed by atoms with Crippen LogP contribution in [-0.4, -0.2) is 11.6 Å². The summed E-state index contributed by atoms with van der Waals surface area (Å²) in [5.74, 6) is 0.879. The van der Waals surface area contributed by atoms with Crippen molar-refractivity contribution >= 4 is 46.2 Å². The van der Waals surface area contributed by atoms with Crippen LogP contribution in [0.3, 0.4) is 0 Å². The Hall–Kier alpha value is -3.80. The number of hydrogen-bond donors (Lipinski definition) is 0. The first-order chi connectivity index (χ1) is 17.5. The standard InChI is InChI=1S/C29H23Cl2N3O2/c1-20(35)28-32-34(25-7-3-2-4-8-25)29(33(28)24-17-15-23(31)16-18-24)26-9-5-6-10-27(26)36-19-21-11-13-22(30)14-12-21/h2-18,29H,19H2,1H3. The van der Waals surface area contributed by atoms with E-state index in [0.29, 0.717) is 28.2 Å². The van der Waals surface area contributed by atoms with Crippen LogP contribution >= 0.6 is 23.2 Å². The molecular formula is C29H23Cl2N3O2. The van der Waals surface area contributed by atoms with Crippen LogP contribution in [0.25, 0.3) is 0 Å². The van der Waals surface area contributed by atoms with Crippen molar-refractivity contribution in [3.05, 3.63) is 124 Å². The van der Waals surface area contributed by atoms with E-state index in [1.165, 1.54) is 6.92 Å². The van der Waals surface area contributed by atoms with Crippen molar-refractivity contribution in [1.82, 2.24) is 0 Å². The molecule has 0 aliphatic carbocycles. The van der Waals surface area contributed by atoms with Gasteiger partial charge in [0, 0.05) is 28.2 Å². The third-order valence-electron chi connectivity index (χ3n) is 5.85. The zero-order valence-electron chi connectivity index (χ0n) is 19.5. The highest BCUT2D eigenvalue weighted by molar-refractivity contribution is 6.44. The molecule has 1 aliphatic rings. The fourth-order valence-electron chi connectivity index (χ4n) is 4.15. The number of rotatable bonds is 7. The molecular weight excluding hydrogens is 493 g/mol. The molecule has 0 bridgehead atoms. The molecule has 180 valence electrons. The van der Waals surface area contributed by atoms with Crippen LogP contribution in [0.5, 0.6) is 5.75 Å². The second-order valence-corrected chi connectivity index (χ2v) is 9.21. The smallest absolute Gasteiger partial charge is 0.198 e. The Morgan fingerprint density at radius 1 is 0.806 bits per heavy atom. The number of anilines is 2. The average Bonchev–Trinajstić information content (AvgIpc) is 3.30.